The highest BCUT2D eigenvalue weighted by atomic mass is 28.4. The van der Waals surface area contributed by atoms with Crippen molar-refractivity contribution in [1.29, 1.82) is 0 Å². The van der Waals surface area contributed by atoms with E-state index in [9.17, 15) is 14.9 Å². The summed E-state index contributed by atoms with van der Waals surface area (Å²) in [6.45, 7) is 10.7. The van der Waals surface area contributed by atoms with Gasteiger partial charge in [0.1, 0.15) is 0 Å². The third kappa shape index (κ3) is 5.72. The Labute approximate surface area is 144 Å². The van der Waals surface area contributed by atoms with E-state index in [4.69, 9.17) is 9.53 Å². The maximum atomic E-state index is 11.1. The van der Waals surface area contributed by atoms with Gasteiger partial charge in [0, 0.05) is 4.92 Å². The third-order valence-electron chi connectivity index (χ3n) is 4.68. The number of nitro groups is 1. The lowest BCUT2D eigenvalue weighted by Gasteiger charge is -2.36. The van der Waals surface area contributed by atoms with Crippen LogP contribution >= 0.6 is 0 Å². The summed E-state index contributed by atoms with van der Waals surface area (Å²) in [4.78, 5) is 21.5. The Morgan fingerprint density at radius 2 is 1.92 bits per heavy atom. The zero-order chi connectivity index (χ0) is 18.5. The van der Waals surface area contributed by atoms with Gasteiger partial charge in [-0.1, -0.05) is 45.0 Å². The van der Waals surface area contributed by atoms with Crippen LogP contribution in [0.2, 0.25) is 18.1 Å². The van der Waals surface area contributed by atoms with Crippen LogP contribution in [0, 0.1) is 10.1 Å². The van der Waals surface area contributed by atoms with Crippen molar-refractivity contribution >= 4 is 14.3 Å². The van der Waals surface area contributed by atoms with Gasteiger partial charge < -0.3 is 9.53 Å². The zero-order valence-corrected chi connectivity index (χ0v) is 16.0. The topological polar surface area (TPSA) is 89.7 Å². The molecule has 0 saturated carbocycles. The van der Waals surface area contributed by atoms with Gasteiger partial charge in [-0.15, -0.1) is 0 Å². The van der Waals surface area contributed by atoms with Crippen LogP contribution in [0.1, 0.15) is 44.2 Å². The molecule has 7 heteroatoms. The molecule has 0 radical (unpaired) electrons. The molecule has 0 spiro atoms. The van der Waals surface area contributed by atoms with Crippen LogP contribution in [0.3, 0.4) is 0 Å². The predicted octanol–water partition coefficient (Wildman–Crippen LogP) is 4.04. The second-order valence-corrected chi connectivity index (χ2v) is 12.4. The Kier molecular flexibility index (Phi) is 6.68. The van der Waals surface area contributed by atoms with Crippen LogP contribution < -0.4 is 0 Å². The van der Waals surface area contributed by atoms with Crippen molar-refractivity contribution < 1.29 is 19.3 Å². The molecule has 24 heavy (non-hydrogen) atoms. The first kappa shape index (κ1) is 20.3. The van der Waals surface area contributed by atoms with Gasteiger partial charge in [0.25, 0.3) is 0 Å². The highest BCUT2D eigenvalue weighted by Crippen LogP contribution is 2.37. The standard InChI is InChI=1S/C17H27NO5Si/c1-17(2,3)24(4,5)23-12-13-8-6-7-9-15(13)14(10-16(19)20)11-18(21)22/h6-9,14H,10-12H2,1-5H3,(H,19,20). The fraction of sp³-hybridized carbons (Fsp3) is 0.588. The molecule has 0 heterocycles. The zero-order valence-electron chi connectivity index (χ0n) is 15.0. The fourth-order valence-corrected chi connectivity index (χ4v) is 3.15. The molecule has 0 fully saturated rings. The van der Waals surface area contributed by atoms with E-state index in [-0.39, 0.29) is 11.5 Å². The first-order valence-electron chi connectivity index (χ1n) is 7.99. The lowest BCUT2D eigenvalue weighted by Crippen LogP contribution is -2.40. The van der Waals surface area contributed by atoms with Crippen molar-refractivity contribution in [2.75, 3.05) is 6.54 Å². The van der Waals surface area contributed by atoms with Crippen LogP contribution in [-0.2, 0) is 15.8 Å². The summed E-state index contributed by atoms with van der Waals surface area (Å²) in [5.41, 5.74) is 1.52. The van der Waals surface area contributed by atoms with Crippen LogP contribution in [0.5, 0.6) is 0 Å². The number of carboxylic acids is 1. The highest BCUT2D eigenvalue weighted by Gasteiger charge is 2.37. The van der Waals surface area contributed by atoms with E-state index in [0.29, 0.717) is 12.2 Å². The minimum absolute atomic E-state index is 0.0588. The molecule has 1 aromatic rings. The largest absolute Gasteiger partial charge is 0.481 e. The number of aliphatic carboxylic acids is 1. The molecule has 1 rings (SSSR count). The van der Waals surface area contributed by atoms with E-state index >= 15 is 0 Å². The molecule has 1 N–H and O–H groups in total. The smallest absolute Gasteiger partial charge is 0.304 e. The first-order chi connectivity index (χ1) is 10.9. The van der Waals surface area contributed by atoms with E-state index in [1.807, 2.05) is 12.1 Å². The molecule has 0 amide bonds. The minimum Gasteiger partial charge on any atom is -0.481 e. The molecular weight excluding hydrogens is 326 g/mol. The summed E-state index contributed by atoms with van der Waals surface area (Å²) in [6, 6.07) is 7.25. The molecule has 0 aliphatic rings. The Morgan fingerprint density at radius 3 is 2.42 bits per heavy atom. The van der Waals surface area contributed by atoms with Gasteiger partial charge >= 0.3 is 5.97 Å². The van der Waals surface area contributed by atoms with Crippen LogP contribution in [0.15, 0.2) is 24.3 Å². The Hall–Kier alpha value is -1.73. The number of benzene rings is 1. The van der Waals surface area contributed by atoms with Gasteiger partial charge in [-0.3, -0.25) is 14.9 Å². The van der Waals surface area contributed by atoms with E-state index in [2.05, 4.69) is 33.9 Å². The number of carbonyl (C=O) groups is 1. The molecule has 0 aromatic heterocycles. The quantitative estimate of drug-likeness (QED) is 0.433. The van der Waals surface area contributed by atoms with Gasteiger partial charge in [-0.05, 0) is 29.3 Å². The summed E-state index contributed by atoms with van der Waals surface area (Å²) in [5, 5.41) is 20.0. The molecule has 6 nitrogen and oxygen atoms in total. The average molecular weight is 353 g/mol. The van der Waals surface area contributed by atoms with Gasteiger partial charge in [0.05, 0.1) is 18.9 Å². The lowest BCUT2D eigenvalue weighted by molar-refractivity contribution is -0.483. The van der Waals surface area contributed by atoms with Crippen LogP contribution in [0.4, 0.5) is 0 Å². The second kappa shape index (κ2) is 7.89. The summed E-state index contributed by atoms with van der Waals surface area (Å²) in [6.07, 6.45) is -0.266. The summed E-state index contributed by atoms with van der Waals surface area (Å²) in [5.74, 6) is -1.70. The molecule has 0 aliphatic carbocycles. The van der Waals surface area contributed by atoms with Crippen molar-refractivity contribution in [3.8, 4) is 0 Å². The molecule has 0 aliphatic heterocycles. The van der Waals surface area contributed by atoms with Gasteiger partial charge in [0.15, 0.2) is 8.32 Å². The monoisotopic (exact) mass is 353 g/mol. The Bertz CT molecular complexity index is 579. The van der Waals surface area contributed by atoms with Crippen molar-refractivity contribution in [3.05, 3.63) is 45.5 Å². The summed E-state index contributed by atoms with van der Waals surface area (Å²) >= 11 is 0. The third-order valence-corrected chi connectivity index (χ3v) is 9.16. The van der Waals surface area contributed by atoms with E-state index in [0.717, 1.165) is 5.56 Å². The first-order valence-corrected chi connectivity index (χ1v) is 10.9. The molecule has 1 aromatic carbocycles. The molecule has 0 bridgehead atoms. The molecule has 1 unspecified atom stereocenters. The van der Waals surface area contributed by atoms with Crippen LogP contribution in [0.25, 0.3) is 0 Å². The van der Waals surface area contributed by atoms with Crippen LogP contribution in [-0.4, -0.2) is 30.9 Å². The van der Waals surface area contributed by atoms with Crippen molar-refractivity contribution in [1.82, 2.24) is 0 Å². The molecular formula is C17H27NO5Si. The summed E-state index contributed by atoms with van der Waals surface area (Å²) in [7, 11) is -1.96. The van der Waals surface area contributed by atoms with Crippen molar-refractivity contribution in [3.63, 3.8) is 0 Å². The fourth-order valence-electron chi connectivity index (χ4n) is 2.20. The van der Waals surface area contributed by atoms with Crippen molar-refractivity contribution in [2.24, 2.45) is 0 Å². The van der Waals surface area contributed by atoms with Gasteiger partial charge in [-0.25, -0.2) is 0 Å². The number of rotatable bonds is 8. The number of hydrogen-bond acceptors (Lipinski definition) is 4. The van der Waals surface area contributed by atoms with Gasteiger partial charge in [-0.2, -0.15) is 0 Å². The minimum atomic E-state index is -1.96. The molecule has 1 atom stereocenters. The van der Waals surface area contributed by atoms with E-state index in [1.54, 1.807) is 12.1 Å². The Balaban J connectivity index is 3.05. The van der Waals surface area contributed by atoms with E-state index in [1.165, 1.54) is 0 Å². The maximum absolute atomic E-state index is 11.1. The number of nitrogens with zero attached hydrogens (tertiary/aromatic N) is 1. The predicted molar refractivity (Wildman–Crippen MR) is 95.3 cm³/mol. The summed E-state index contributed by atoms with van der Waals surface area (Å²) < 4.78 is 6.20. The number of carboxylic acid groups (broad SMARTS) is 1. The van der Waals surface area contributed by atoms with E-state index < -0.39 is 31.7 Å². The van der Waals surface area contributed by atoms with Gasteiger partial charge in [0.2, 0.25) is 6.54 Å². The lowest BCUT2D eigenvalue weighted by atomic mass is 9.92. The second-order valence-electron chi connectivity index (χ2n) is 7.56. The normalized spacial score (nSPS) is 13.5. The number of hydrogen-bond donors (Lipinski definition) is 1. The Morgan fingerprint density at radius 1 is 1.33 bits per heavy atom. The molecule has 134 valence electrons. The molecule has 0 saturated heterocycles. The SMILES string of the molecule is CC(C)(C)[Si](C)(C)OCc1ccccc1C(CC(=O)O)C[N+](=O)[O-]. The maximum Gasteiger partial charge on any atom is 0.304 e. The van der Waals surface area contributed by atoms with Crippen molar-refractivity contribution in [2.45, 2.75) is 57.8 Å². The average Bonchev–Trinajstić information content (AvgIpc) is 2.42. The highest BCUT2D eigenvalue weighted by molar-refractivity contribution is 6.74.